The van der Waals surface area contributed by atoms with Crippen LogP contribution < -0.4 is 4.90 Å². The van der Waals surface area contributed by atoms with E-state index in [4.69, 9.17) is 0 Å². The fourth-order valence-corrected chi connectivity index (χ4v) is 2.01. The minimum Gasteiger partial charge on any atom is -0.353 e. The summed E-state index contributed by atoms with van der Waals surface area (Å²) in [5.41, 5.74) is -0.890. The van der Waals surface area contributed by atoms with Crippen molar-refractivity contribution in [2.45, 2.75) is 13.1 Å². The fourth-order valence-electron chi connectivity index (χ4n) is 2.01. The largest absolute Gasteiger partial charge is 0.433 e. The van der Waals surface area contributed by atoms with Crippen LogP contribution in [0.3, 0.4) is 0 Å². The van der Waals surface area contributed by atoms with Crippen molar-refractivity contribution in [3.8, 4) is 0 Å². The van der Waals surface area contributed by atoms with Gasteiger partial charge in [0.1, 0.15) is 11.5 Å². The van der Waals surface area contributed by atoms with Crippen LogP contribution in [-0.4, -0.2) is 42.0 Å². The number of hydrogen-bond donors (Lipinski definition) is 0. The first-order valence-corrected chi connectivity index (χ1v) is 5.92. The minimum atomic E-state index is -4.43. The van der Waals surface area contributed by atoms with Gasteiger partial charge < -0.3 is 9.80 Å². The predicted molar refractivity (Wildman–Crippen MR) is 63.7 cm³/mol. The molecular weight excluding hydrogens is 259 g/mol. The number of carbonyl (C=O) groups is 1. The monoisotopic (exact) mass is 273 g/mol. The molecule has 1 aromatic rings. The number of pyridine rings is 1. The fraction of sp³-hybridized carbons (Fsp3) is 0.500. The van der Waals surface area contributed by atoms with Gasteiger partial charge in [-0.3, -0.25) is 4.79 Å². The Bertz CT molecular complexity index is 468. The third kappa shape index (κ3) is 3.15. The van der Waals surface area contributed by atoms with Crippen molar-refractivity contribution in [1.29, 1.82) is 0 Å². The molecule has 19 heavy (non-hydrogen) atoms. The lowest BCUT2D eigenvalue weighted by Crippen LogP contribution is -2.48. The minimum absolute atomic E-state index is 0.0170. The van der Waals surface area contributed by atoms with Crippen molar-refractivity contribution in [3.63, 3.8) is 0 Å². The van der Waals surface area contributed by atoms with Crippen molar-refractivity contribution in [3.05, 3.63) is 23.9 Å². The highest BCUT2D eigenvalue weighted by molar-refractivity contribution is 5.73. The average molecular weight is 273 g/mol. The van der Waals surface area contributed by atoms with Crippen molar-refractivity contribution in [2.75, 3.05) is 31.1 Å². The number of halogens is 3. The van der Waals surface area contributed by atoms with Crippen LogP contribution in [0.25, 0.3) is 0 Å². The van der Waals surface area contributed by atoms with Crippen molar-refractivity contribution >= 4 is 11.7 Å². The van der Waals surface area contributed by atoms with E-state index in [0.717, 1.165) is 6.07 Å². The SMILES string of the molecule is CC(=O)N1CCN(c2cccc(C(F)(F)F)n2)CC1. The van der Waals surface area contributed by atoms with E-state index < -0.39 is 11.9 Å². The lowest BCUT2D eigenvalue weighted by molar-refractivity contribution is -0.141. The van der Waals surface area contributed by atoms with Gasteiger partial charge in [-0.1, -0.05) is 6.07 Å². The highest BCUT2D eigenvalue weighted by Gasteiger charge is 2.33. The molecular formula is C12H14F3N3O. The summed E-state index contributed by atoms with van der Waals surface area (Å²) in [5, 5.41) is 0. The molecule has 1 aliphatic heterocycles. The number of carbonyl (C=O) groups excluding carboxylic acids is 1. The normalized spacial score (nSPS) is 16.6. The van der Waals surface area contributed by atoms with Crippen molar-refractivity contribution < 1.29 is 18.0 Å². The Hall–Kier alpha value is -1.79. The van der Waals surface area contributed by atoms with Crippen LogP contribution in [0.1, 0.15) is 12.6 Å². The number of aromatic nitrogens is 1. The van der Waals surface area contributed by atoms with Gasteiger partial charge in [0.15, 0.2) is 0 Å². The Kier molecular flexibility index (Phi) is 3.64. The molecule has 0 bridgehead atoms. The van der Waals surface area contributed by atoms with Gasteiger partial charge in [-0.2, -0.15) is 13.2 Å². The highest BCUT2D eigenvalue weighted by atomic mass is 19.4. The molecule has 104 valence electrons. The molecule has 2 heterocycles. The van der Waals surface area contributed by atoms with Gasteiger partial charge in [0.25, 0.3) is 0 Å². The van der Waals surface area contributed by atoms with Gasteiger partial charge in [-0.15, -0.1) is 0 Å². The molecule has 0 radical (unpaired) electrons. The summed E-state index contributed by atoms with van der Waals surface area (Å²) >= 11 is 0. The molecule has 4 nitrogen and oxygen atoms in total. The zero-order valence-corrected chi connectivity index (χ0v) is 10.4. The van der Waals surface area contributed by atoms with Crippen LogP contribution >= 0.6 is 0 Å². The van der Waals surface area contributed by atoms with Crippen molar-refractivity contribution in [2.24, 2.45) is 0 Å². The quantitative estimate of drug-likeness (QED) is 0.782. The predicted octanol–water partition coefficient (Wildman–Crippen LogP) is 1.77. The Labute approximate surface area is 108 Å². The highest BCUT2D eigenvalue weighted by Crippen LogP contribution is 2.29. The van der Waals surface area contributed by atoms with Gasteiger partial charge in [0.2, 0.25) is 5.91 Å². The molecule has 0 spiro atoms. The molecule has 0 aliphatic carbocycles. The summed E-state index contributed by atoms with van der Waals surface area (Å²) in [4.78, 5) is 18.2. The second-order valence-electron chi connectivity index (χ2n) is 4.37. The second kappa shape index (κ2) is 5.07. The maximum atomic E-state index is 12.6. The molecule has 1 saturated heterocycles. The lowest BCUT2D eigenvalue weighted by Gasteiger charge is -2.35. The van der Waals surface area contributed by atoms with E-state index >= 15 is 0 Å². The van der Waals surface area contributed by atoms with E-state index in [9.17, 15) is 18.0 Å². The van der Waals surface area contributed by atoms with Crippen LogP contribution in [0.5, 0.6) is 0 Å². The number of anilines is 1. The van der Waals surface area contributed by atoms with E-state index in [0.29, 0.717) is 32.0 Å². The maximum Gasteiger partial charge on any atom is 0.433 e. The standard InChI is InChI=1S/C12H14F3N3O/c1-9(19)17-5-7-18(8-6-17)11-4-2-3-10(16-11)12(13,14)15/h2-4H,5-8H2,1H3. The number of amides is 1. The van der Waals surface area contributed by atoms with Gasteiger partial charge in [-0.25, -0.2) is 4.98 Å². The van der Waals surface area contributed by atoms with Crippen LogP contribution in [0.2, 0.25) is 0 Å². The molecule has 1 aromatic heterocycles. The Morgan fingerprint density at radius 3 is 2.37 bits per heavy atom. The first-order chi connectivity index (χ1) is 8.88. The Morgan fingerprint density at radius 2 is 1.84 bits per heavy atom. The zero-order valence-electron chi connectivity index (χ0n) is 10.4. The Balaban J connectivity index is 2.10. The van der Waals surface area contributed by atoms with Gasteiger partial charge in [-0.05, 0) is 12.1 Å². The number of piperazine rings is 1. The smallest absolute Gasteiger partial charge is 0.353 e. The Morgan fingerprint density at radius 1 is 1.21 bits per heavy atom. The molecule has 0 atom stereocenters. The molecule has 0 saturated carbocycles. The van der Waals surface area contributed by atoms with Crippen LogP contribution in [0, 0.1) is 0 Å². The first kappa shape index (κ1) is 13.6. The topological polar surface area (TPSA) is 36.4 Å². The average Bonchev–Trinajstić information content (AvgIpc) is 2.38. The van der Waals surface area contributed by atoms with E-state index in [1.54, 1.807) is 15.9 Å². The van der Waals surface area contributed by atoms with Crippen LogP contribution in [-0.2, 0) is 11.0 Å². The molecule has 1 amide bonds. The lowest BCUT2D eigenvalue weighted by atomic mass is 10.3. The summed E-state index contributed by atoms with van der Waals surface area (Å²) in [7, 11) is 0. The number of nitrogens with zero attached hydrogens (tertiary/aromatic N) is 3. The molecule has 0 unspecified atom stereocenters. The summed E-state index contributed by atoms with van der Waals surface area (Å²) < 4.78 is 37.7. The zero-order chi connectivity index (χ0) is 14.0. The van der Waals surface area contributed by atoms with E-state index in [1.807, 2.05) is 0 Å². The van der Waals surface area contributed by atoms with Crippen LogP contribution in [0.15, 0.2) is 18.2 Å². The van der Waals surface area contributed by atoms with E-state index in [2.05, 4.69) is 4.98 Å². The summed E-state index contributed by atoms with van der Waals surface area (Å²) in [6.07, 6.45) is -4.43. The third-order valence-electron chi connectivity index (χ3n) is 3.07. The van der Waals surface area contributed by atoms with Crippen molar-refractivity contribution in [1.82, 2.24) is 9.88 Å². The molecule has 2 rings (SSSR count). The van der Waals surface area contributed by atoms with Crippen LogP contribution in [0.4, 0.5) is 19.0 Å². The van der Waals surface area contributed by atoms with Gasteiger partial charge in [0.05, 0.1) is 0 Å². The molecule has 1 aliphatic rings. The van der Waals surface area contributed by atoms with Gasteiger partial charge >= 0.3 is 6.18 Å². The summed E-state index contributed by atoms with van der Waals surface area (Å²) in [6.45, 7) is 3.49. The third-order valence-corrected chi connectivity index (χ3v) is 3.07. The molecule has 7 heteroatoms. The van der Waals surface area contributed by atoms with E-state index in [-0.39, 0.29) is 5.91 Å². The number of hydrogen-bond acceptors (Lipinski definition) is 3. The summed E-state index contributed by atoms with van der Waals surface area (Å²) in [5.74, 6) is 0.287. The molecule has 0 aromatic carbocycles. The molecule has 0 N–H and O–H groups in total. The van der Waals surface area contributed by atoms with E-state index in [1.165, 1.54) is 13.0 Å². The number of alkyl halides is 3. The maximum absolute atomic E-state index is 12.6. The van der Waals surface area contributed by atoms with Gasteiger partial charge in [0, 0.05) is 33.1 Å². The number of rotatable bonds is 1. The first-order valence-electron chi connectivity index (χ1n) is 5.92. The molecule has 1 fully saturated rings. The second-order valence-corrected chi connectivity index (χ2v) is 4.37. The summed E-state index contributed by atoms with van der Waals surface area (Å²) in [6, 6.07) is 3.86.